The van der Waals surface area contributed by atoms with Gasteiger partial charge in [-0.2, -0.15) is 0 Å². The molecule has 5 heteroatoms. The van der Waals surface area contributed by atoms with Gasteiger partial charge in [0.25, 0.3) is 0 Å². The molecule has 1 aliphatic heterocycles. The fourth-order valence-electron chi connectivity index (χ4n) is 3.98. The van der Waals surface area contributed by atoms with Crippen LogP contribution in [-0.2, 0) is 6.42 Å². The molecule has 2 heterocycles. The van der Waals surface area contributed by atoms with Crippen LogP contribution in [0, 0.1) is 6.92 Å². The Bertz CT molecular complexity index is 740. The molecular weight excluding hydrogens is 302 g/mol. The van der Waals surface area contributed by atoms with E-state index in [0.717, 1.165) is 50.1 Å². The van der Waals surface area contributed by atoms with Gasteiger partial charge in [-0.3, -0.25) is 0 Å². The van der Waals surface area contributed by atoms with Crippen LogP contribution in [0.5, 0.6) is 0 Å². The number of nitrogens with zero attached hydrogens (tertiary/aromatic N) is 2. The summed E-state index contributed by atoms with van der Waals surface area (Å²) in [5.74, 6) is 0.796. The highest BCUT2D eigenvalue weighted by molar-refractivity contribution is 5.75. The number of hydrogen-bond donors (Lipinski definition) is 1. The number of carbonyl (C=O) groups excluding carboxylic acids is 1. The van der Waals surface area contributed by atoms with Crippen LogP contribution in [0.25, 0.3) is 0 Å². The van der Waals surface area contributed by atoms with E-state index in [2.05, 4.69) is 34.7 Å². The fraction of sp³-hybridized carbons (Fsp3) is 0.474. The monoisotopic (exact) mass is 325 g/mol. The van der Waals surface area contributed by atoms with Crippen LogP contribution < -0.4 is 5.32 Å². The second-order valence-electron chi connectivity index (χ2n) is 6.82. The minimum Gasteiger partial charge on any atom is -0.359 e. The van der Waals surface area contributed by atoms with Gasteiger partial charge in [0, 0.05) is 12.6 Å². The molecule has 1 fully saturated rings. The third kappa shape index (κ3) is 2.79. The Labute approximate surface area is 142 Å². The molecule has 24 heavy (non-hydrogen) atoms. The van der Waals surface area contributed by atoms with Crippen LogP contribution >= 0.6 is 0 Å². The molecule has 0 unspecified atom stereocenters. The fourth-order valence-corrected chi connectivity index (χ4v) is 3.98. The van der Waals surface area contributed by atoms with E-state index in [-0.39, 0.29) is 18.1 Å². The zero-order chi connectivity index (χ0) is 16.5. The maximum atomic E-state index is 12.9. The average molecular weight is 325 g/mol. The summed E-state index contributed by atoms with van der Waals surface area (Å²) in [5, 5.41) is 7.22. The molecule has 2 amide bonds. The van der Waals surface area contributed by atoms with Gasteiger partial charge in [0.2, 0.25) is 0 Å². The maximum absolute atomic E-state index is 12.9. The molecule has 0 radical (unpaired) electrons. The number of nitrogens with one attached hydrogen (secondary N) is 1. The van der Waals surface area contributed by atoms with Crippen molar-refractivity contribution in [1.29, 1.82) is 0 Å². The van der Waals surface area contributed by atoms with Crippen LogP contribution in [0.2, 0.25) is 0 Å². The van der Waals surface area contributed by atoms with Crippen molar-refractivity contribution < 1.29 is 9.32 Å². The van der Waals surface area contributed by atoms with Crippen LogP contribution in [0.4, 0.5) is 4.79 Å². The van der Waals surface area contributed by atoms with Gasteiger partial charge >= 0.3 is 6.03 Å². The molecule has 4 rings (SSSR count). The summed E-state index contributed by atoms with van der Waals surface area (Å²) in [6.07, 6.45) is 5.16. The molecule has 0 saturated carbocycles. The lowest BCUT2D eigenvalue weighted by atomic mass is 9.88. The van der Waals surface area contributed by atoms with Crippen LogP contribution in [0.1, 0.15) is 60.3 Å². The molecule has 1 aromatic heterocycles. The summed E-state index contributed by atoms with van der Waals surface area (Å²) >= 11 is 0. The van der Waals surface area contributed by atoms with Gasteiger partial charge in [-0.15, -0.1) is 0 Å². The zero-order valence-corrected chi connectivity index (χ0v) is 14.0. The number of urea groups is 1. The number of benzene rings is 1. The van der Waals surface area contributed by atoms with E-state index in [1.165, 1.54) is 11.1 Å². The molecular formula is C19H23N3O2. The first kappa shape index (κ1) is 15.2. The number of hydrogen-bond acceptors (Lipinski definition) is 3. The summed E-state index contributed by atoms with van der Waals surface area (Å²) in [4.78, 5) is 14.8. The van der Waals surface area contributed by atoms with Crippen molar-refractivity contribution in [1.82, 2.24) is 15.4 Å². The van der Waals surface area contributed by atoms with Gasteiger partial charge < -0.3 is 14.7 Å². The molecule has 2 aromatic rings. The highest BCUT2D eigenvalue weighted by Crippen LogP contribution is 2.34. The Morgan fingerprint density at radius 1 is 1.29 bits per heavy atom. The number of aryl methyl sites for hydroxylation is 2. The Balaban J connectivity index is 1.50. The van der Waals surface area contributed by atoms with Crippen LogP contribution in [-0.4, -0.2) is 22.6 Å². The van der Waals surface area contributed by atoms with Crippen molar-refractivity contribution >= 4 is 6.03 Å². The molecule has 1 saturated heterocycles. The highest BCUT2D eigenvalue weighted by atomic mass is 16.5. The zero-order valence-electron chi connectivity index (χ0n) is 14.0. The van der Waals surface area contributed by atoms with Gasteiger partial charge in [-0.1, -0.05) is 29.4 Å². The lowest BCUT2D eigenvalue weighted by Crippen LogP contribution is -2.42. The Morgan fingerprint density at radius 3 is 3.00 bits per heavy atom. The Hall–Kier alpha value is -2.30. The lowest BCUT2D eigenvalue weighted by Gasteiger charge is -2.30. The van der Waals surface area contributed by atoms with Gasteiger partial charge in [0.05, 0.1) is 17.8 Å². The van der Waals surface area contributed by atoms with Crippen molar-refractivity contribution in [3.63, 3.8) is 0 Å². The molecule has 126 valence electrons. The molecule has 1 aliphatic carbocycles. The van der Waals surface area contributed by atoms with E-state index in [0.29, 0.717) is 0 Å². The standard InChI is InChI=1S/C19H23N3O2/c1-13-12-18(24-21-13)17-10-5-11-22(17)19(23)20-16-9-4-7-14-6-2-3-8-15(14)16/h2-3,6,8,12,16-17H,4-5,7,9-11H2,1H3,(H,20,23)/t16-,17-/m1/s1. The maximum Gasteiger partial charge on any atom is 0.318 e. The molecule has 1 aromatic carbocycles. The number of aromatic nitrogens is 1. The third-order valence-electron chi connectivity index (χ3n) is 5.16. The first-order valence-corrected chi connectivity index (χ1v) is 8.80. The van der Waals surface area contributed by atoms with E-state index in [9.17, 15) is 4.79 Å². The van der Waals surface area contributed by atoms with Crippen LogP contribution in [0.15, 0.2) is 34.9 Å². The van der Waals surface area contributed by atoms with Crippen molar-refractivity contribution in [2.45, 2.75) is 51.1 Å². The van der Waals surface area contributed by atoms with E-state index < -0.39 is 0 Å². The number of carbonyl (C=O) groups is 1. The first-order valence-electron chi connectivity index (χ1n) is 8.80. The number of rotatable bonds is 2. The third-order valence-corrected chi connectivity index (χ3v) is 5.16. The molecule has 2 atom stereocenters. The lowest BCUT2D eigenvalue weighted by molar-refractivity contribution is 0.177. The predicted octanol–water partition coefficient (Wildman–Crippen LogP) is 3.91. The largest absolute Gasteiger partial charge is 0.359 e. The predicted molar refractivity (Wildman–Crippen MR) is 90.6 cm³/mol. The second kappa shape index (κ2) is 6.30. The van der Waals surface area contributed by atoms with E-state index >= 15 is 0 Å². The van der Waals surface area contributed by atoms with E-state index in [4.69, 9.17) is 4.52 Å². The average Bonchev–Trinajstić information content (AvgIpc) is 3.24. The summed E-state index contributed by atoms with van der Waals surface area (Å²) in [6, 6.07) is 10.5. The molecule has 2 aliphatic rings. The summed E-state index contributed by atoms with van der Waals surface area (Å²) in [6.45, 7) is 2.68. The molecule has 0 bridgehead atoms. The SMILES string of the molecule is Cc1cc([C@H]2CCCN2C(=O)N[C@@H]2CCCc3ccccc32)on1. The Morgan fingerprint density at radius 2 is 2.17 bits per heavy atom. The van der Waals surface area contributed by atoms with Crippen molar-refractivity contribution in [3.8, 4) is 0 Å². The summed E-state index contributed by atoms with van der Waals surface area (Å²) < 4.78 is 5.40. The molecule has 1 N–H and O–H groups in total. The van der Waals surface area contributed by atoms with Crippen molar-refractivity contribution in [2.24, 2.45) is 0 Å². The highest BCUT2D eigenvalue weighted by Gasteiger charge is 2.34. The van der Waals surface area contributed by atoms with Crippen molar-refractivity contribution in [2.75, 3.05) is 6.54 Å². The topological polar surface area (TPSA) is 58.4 Å². The van der Waals surface area contributed by atoms with Crippen LogP contribution in [0.3, 0.4) is 0 Å². The number of amides is 2. The molecule has 0 spiro atoms. The normalized spacial score (nSPS) is 23.1. The summed E-state index contributed by atoms with van der Waals surface area (Å²) in [5.41, 5.74) is 3.49. The van der Waals surface area contributed by atoms with Crippen molar-refractivity contribution in [3.05, 3.63) is 52.9 Å². The minimum absolute atomic E-state index is 0.00466. The number of fused-ring (bicyclic) bond motifs is 1. The van der Waals surface area contributed by atoms with Gasteiger partial charge in [0.1, 0.15) is 0 Å². The Kier molecular flexibility index (Phi) is 4.00. The van der Waals surface area contributed by atoms with E-state index in [1.54, 1.807) is 0 Å². The second-order valence-corrected chi connectivity index (χ2v) is 6.82. The van der Waals surface area contributed by atoms with Gasteiger partial charge in [-0.05, 0) is 50.2 Å². The van der Waals surface area contributed by atoms with Gasteiger partial charge in [0.15, 0.2) is 5.76 Å². The molecule has 5 nitrogen and oxygen atoms in total. The summed E-state index contributed by atoms with van der Waals surface area (Å²) in [7, 11) is 0. The quantitative estimate of drug-likeness (QED) is 0.911. The first-order chi connectivity index (χ1) is 11.7. The van der Waals surface area contributed by atoms with Gasteiger partial charge in [-0.25, -0.2) is 4.79 Å². The number of likely N-dealkylation sites (tertiary alicyclic amines) is 1. The minimum atomic E-state index is 0.00466. The van der Waals surface area contributed by atoms with E-state index in [1.807, 2.05) is 17.9 Å². The smallest absolute Gasteiger partial charge is 0.318 e.